The number of fused-ring (bicyclic) bond motifs is 1. The van der Waals surface area contributed by atoms with Gasteiger partial charge in [-0.1, -0.05) is 5.16 Å². The Morgan fingerprint density at radius 2 is 2.38 bits per heavy atom. The molecule has 110 valence electrons. The van der Waals surface area contributed by atoms with E-state index in [1.54, 1.807) is 6.07 Å². The minimum atomic E-state index is -0.366. The summed E-state index contributed by atoms with van der Waals surface area (Å²) in [6, 6.07) is 4.24. The molecule has 0 fully saturated rings. The Kier molecular flexibility index (Phi) is 3.94. The fraction of sp³-hybridized carbons (Fsp3) is 0.286. The van der Waals surface area contributed by atoms with Gasteiger partial charge in [-0.2, -0.15) is 0 Å². The molecule has 0 spiro atoms. The largest absolute Gasteiger partial charge is 0.350 e. The molecule has 0 saturated heterocycles. The van der Waals surface area contributed by atoms with E-state index in [2.05, 4.69) is 15.8 Å². The van der Waals surface area contributed by atoms with E-state index in [9.17, 15) is 9.18 Å². The second-order valence-electron chi connectivity index (χ2n) is 4.66. The van der Waals surface area contributed by atoms with E-state index in [0.717, 1.165) is 24.2 Å². The van der Waals surface area contributed by atoms with Crippen LogP contribution in [0.1, 0.15) is 21.8 Å². The van der Waals surface area contributed by atoms with Gasteiger partial charge in [-0.15, -0.1) is 11.8 Å². The molecule has 1 aromatic carbocycles. The molecule has 1 aliphatic rings. The molecule has 1 aromatic heterocycles. The van der Waals surface area contributed by atoms with Crippen molar-refractivity contribution in [2.45, 2.75) is 17.9 Å². The van der Waals surface area contributed by atoms with Gasteiger partial charge in [0.1, 0.15) is 5.82 Å². The van der Waals surface area contributed by atoms with Gasteiger partial charge in [0.2, 0.25) is 5.76 Å². The lowest BCUT2D eigenvalue weighted by Gasteiger charge is -2.12. The van der Waals surface area contributed by atoms with Crippen molar-refractivity contribution in [3.05, 3.63) is 41.0 Å². The van der Waals surface area contributed by atoms with Crippen LogP contribution >= 0.6 is 11.8 Å². The van der Waals surface area contributed by atoms with Crippen molar-refractivity contribution in [2.75, 3.05) is 18.1 Å². The number of rotatable bonds is 3. The third-order valence-electron chi connectivity index (χ3n) is 3.33. The number of aromatic nitrogens is 1. The van der Waals surface area contributed by atoms with Crippen molar-refractivity contribution < 1.29 is 13.7 Å². The monoisotopic (exact) mass is 307 g/mol. The molecular weight excluding hydrogens is 293 g/mol. The summed E-state index contributed by atoms with van der Waals surface area (Å²) in [5.74, 6) is -0.485. The van der Waals surface area contributed by atoms with Crippen LogP contribution < -0.4 is 10.6 Å². The summed E-state index contributed by atoms with van der Waals surface area (Å²) in [5, 5.41) is 9.87. The van der Waals surface area contributed by atoms with Crippen molar-refractivity contribution in [3.63, 3.8) is 0 Å². The molecule has 3 rings (SSSR count). The van der Waals surface area contributed by atoms with E-state index in [1.165, 1.54) is 23.9 Å². The Morgan fingerprint density at radius 3 is 3.19 bits per heavy atom. The second-order valence-corrected chi connectivity index (χ2v) is 5.51. The van der Waals surface area contributed by atoms with E-state index in [1.807, 2.05) is 6.26 Å². The standard InChI is InChI=1S/C14H14FN3O2S/c1-21-12-6-8(15)2-3-11(12)17-14(19)13-9-7-16-5-4-10(9)18-20-13/h2-3,6,16H,4-5,7H2,1H3,(H,17,19). The van der Waals surface area contributed by atoms with Crippen LogP contribution in [0.15, 0.2) is 27.6 Å². The Hall–Kier alpha value is -1.86. The number of anilines is 1. The van der Waals surface area contributed by atoms with Crippen LogP contribution in [-0.4, -0.2) is 23.9 Å². The smallest absolute Gasteiger partial charge is 0.294 e. The zero-order valence-corrected chi connectivity index (χ0v) is 12.2. The highest BCUT2D eigenvalue weighted by Gasteiger charge is 2.24. The van der Waals surface area contributed by atoms with E-state index in [-0.39, 0.29) is 17.5 Å². The van der Waals surface area contributed by atoms with Crippen LogP contribution in [0.5, 0.6) is 0 Å². The van der Waals surface area contributed by atoms with E-state index >= 15 is 0 Å². The minimum absolute atomic E-state index is 0.216. The number of thioether (sulfide) groups is 1. The van der Waals surface area contributed by atoms with E-state index < -0.39 is 0 Å². The van der Waals surface area contributed by atoms with E-state index in [4.69, 9.17) is 4.52 Å². The highest BCUT2D eigenvalue weighted by Crippen LogP contribution is 2.27. The summed E-state index contributed by atoms with van der Waals surface area (Å²) >= 11 is 1.36. The van der Waals surface area contributed by atoms with Gasteiger partial charge in [-0.25, -0.2) is 4.39 Å². The average Bonchev–Trinajstić information content (AvgIpc) is 2.93. The lowest BCUT2D eigenvalue weighted by molar-refractivity contribution is 0.0986. The molecule has 2 heterocycles. The molecule has 2 N–H and O–H groups in total. The third-order valence-corrected chi connectivity index (χ3v) is 4.11. The van der Waals surface area contributed by atoms with Crippen LogP contribution in [0.2, 0.25) is 0 Å². The number of benzene rings is 1. The van der Waals surface area contributed by atoms with Crippen LogP contribution in [0.3, 0.4) is 0 Å². The predicted molar refractivity (Wildman–Crippen MR) is 78.0 cm³/mol. The first-order valence-corrected chi connectivity index (χ1v) is 7.74. The number of hydrogen-bond donors (Lipinski definition) is 2. The molecule has 0 unspecified atom stereocenters. The van der Waals surface area contributed by atoms with Crippen molar-refractivity contribution >= 4 is 23.4 Å². The summed E-state index contributed by atoms with van der Waals surface area (Å²) in [6.07, 6.45) is 2.57. The maximum atomic E-state index is 13.2. The molecule has 0 aliphatic carbocycles. The first-order chi connectivity index (χ1) is 10.2. The van der Waals surface area contributed by atoms with Crippen LogP contribution in [-0.2, 0) is 13.0 Å². The van der Waals surface area contributed by atoms with Gasteiger partial charge >= 0.3 is 0 Å². The number of nitrogens with one attached hydrogen (secondary N) is 2. The van der Waals surface area contributed by atoms with Crippen molar-refractivity contribution in [1.29, 1.82) is 0 Å². The molecule has 1 amide bonds. The summed E-state index contributed by atoms with van der Waals surface area (Å²) in [6.45, 7) is 1.40. The van der Waals surface area contributed by atoms with Gasteiger partial charge in [-0.05, 0) is 24.5 Å². The number of hydrogen-bond acceptors (Lipinski definition) is 5. The SMILES string of the molecule is CSc1cc(F)ccc1NC(=O)c1onc2c1CNCC2. The van der Waals surface area contributed by atoms with Crippen LogP contribution in [0.4, 0.5) is 10.1 Å². The number of nitrogens with zero attached hydrogens (tertiary/aromatic N) is 1. The first-order valence-electron chi connectivity index (χ1n) is 6.52. The molecule has 0 saturated carbocycles. The van der Waals surface area contributed by atoms with Gasteiger partial charge in [0.15, 0.2) is 0 Å². The Morgan fingerprint density at radius 1 is 1.52 bits per heavy atom. The predicted octanol–water partition coefficient (Wildman–Crippen LogP) is 2.43. The van der Waals surface area contributed by atoms with E-state index in [0.29, 0.717) is 17.1 Å². The van der Waals surface area contributed by atoms with Gasteiger partial charge in [0, 0.05) is 30.0 Å². The second kappa shape index (κ2) is 5.87. The third kappa shape index (κ3) is 2.79. The summed E-state index contributed by atoms with van der Waals surface area (Å²) in [5.41, 5.74) is 2.18. The Bertz CT molecular complexity index is 687. The molecule has 0 radical (unpaired) electrons. The molecule has 21 heavy (non-hydrogen) atoms. The topological polar surface area (TPSA) is 67.2 Å². The summed E-state index contributed by atoms with van der Waals surface area (Å²) < 4.78 is 18.4. The Labute approximate surface area is 125 Å². The van der Waals surface area contributed by atoms with Gasteiger partial charge in [0.05, 0.1) is 11.4 Å². The van der Waals surface area contributed by atoms with Crippen molar-refractivity contribution in [1.82, 2.24) is 10.5 Å². The average molecular weight is 307 g/mol. The van der Waals surface area contributed by atoms with Gasteiger partial charge in [-0.3, -0.25) is 4.79 Å². The van der Waals surface area contributed by atoms with Gasteiger partial charge < -0.3 is 15.2 Å². The van der Waals surface area contributed by atoms with Crippen LogP contribution in [0, 0.1) is 5.82 Å². The van der Waals surface area contributed by atoms with Gasteiger partial charge in [0.25, 0.3) is 5.91 Å². The normalized spacial score (nSPS) is 13.8. The van der Waals surface area contributed by atoms with Crippen molar-refractivity contribution in [3.8, 4) is 0 Å². The molecule has 0 bridgehead atoms. The highest BCUT2D eigenvalue weighted by atomic mass is 32.2. The molecular formula is C14H14FN3O2S. The lowest BCUT2D eigenvalue weighted by Crippen LogP contribution is -2.25. The lowest BCUT2D eigenvalue weighted by atomic mass is 10.1. The van der Waals surface area contributed by atoms with Crippen molar-refractivity contribution in [2.24, 2.45) is 0 Å². The first kappa shape index (κ1) is 14.1. The molecule has 7 heteroatoms. The number of carbonyl (C=O) groups is 1. The van der Waals surface area contributed by atoms with Crippen LogP contribution in [0.25, 0.3) is 0 Å². The number of carbonyl (C=O) groups excluding carboxylic acids is 1. The molecule has 5 nitrogen and oxygen atoms in total. The number of halogens is 1. The quantitative estimate of drug-likeness (QED) is 0.853. The fourth-order valence-corrected chi connectivity index (χ4v) is 2.84. The maximum Gasteiger partial charge on any atom is 0.294 e. The highest BCUT2D eigenvalue weighted by molar-refractivity contribution is 7.98. The maximum absolute atomic E-state index is 13.2. The molecule has 1 aliphatic heterocycles. The molecule has 2 aromatic rings. The Balaban J connectivity index is 1.85. The zero-order valence-electron chi connectivity index (χ0n) is 11.4. The zero-order chi connectivity index (χ0) is 14.8. The number of amides is 1. The summed E-state index contributed by atoms with van der Waals surface area (Å²) in [7, 11) is 0. The molecule has 0 atom stereocenters. The minimum Gasteiger partial charge on any atom is -0.350 e. The summed E-state index contributed by atoms with van der Waals surface area (Å²) in [4.78, 5) is 13.0. The fourth-order valence-electron chi connectivity index (χ4n) is 2.27.